The van der Waals surface area contributed by atoms with Crippen molar-refractivity contribution >= 4 is 40.6 Å². The van der Waals surface area contributed by atoms with Crippen LogP contribution in [0.1, 0.15) is 15.9 Å². The maximum absolute atomic E-state index is 12.4. The Kier molecular flexibility index (Phi) is 6.12. The number of aromatic nitrogens is 1. The van der Waals surface area contributed by atoms with Gasteiger partial charge in [0, 0.05) is 31.8 Å². The van der Waals surface area contributed by atoms with Crippen molar-refractivity contribution < 1.29 is 14.5 Å². The average molecular weight is 425 g/mol. The third-order valence-electron chi connectivity index (χ3n) is 4.29. The van der Waals surface area contributed by atoms with E-state index >= 15 is 0 Å². The lowest BCUT2D eigenvalue weighted by Crippen LogP contribution is -2.20. The quantitative estimate of drug-likeness (QED) is 0.367. The molecule has 0 aliphatic heterocycles. The SMILES string of the molecule is COc1ccc(C(=O)C=c2[nH]c(=O)c(=Cc3ccc(N(C)C)c([N+](=O)[O-])c3)s2)cc1. The van der Waals surface area contributed by atoms with Crippen molar-refractivity contribution in [2.24, 2.45) is 0 Å². The van der Waals surface area contributed by atoms with Gasteiger partial charge in [0.25, 0.3) is 11.2 Å². The van der Waals surface area contributed by atoms with Gasteiger partial charge in [0.05, 0.1) is 21.2 Å². The minimum absolute atomic E-state index is 0.0526. The highest BCUT2D eigenvalue weighted by atomic mass is 32.1. The number of nitrogens with one attached hydrogen (secondary N) is 1. The van der Waals surface area contributed by atoms with Crippen molar-refractivity contribution in [3.05, 3.63) is 83.3 Å². The zero-order valence-corrected chi connectivity index (χ0v) is 17.4. The Morgan fingerprint density at radius 1 is 1.20 bits per heavy atom. The molecule has 1 heterocycles. The molecule has 0 saturated carbocycles. The molecule has 0 aliphatic rings. The van der Waals surface area contributed by atoms with Gasteiger partial charge in [-0.15, -0.1) is 11.3 Å². The van der Waals surface area contributed by atoms with E-state index in [0.29, 0.717) is 31.8 Å². The highest BCUT2D eigenvalue weighted by molar-refractivity contribution is 7.07. The highest BCUT2D eigenvalue weighted by Gasteiger charge is 2.15. The summed E-state index contributed by atoms with van der Waals surface area (Å²) >= 11 is 1.10. The van der Waals surface area contributed by atoms with Crippen LogP contribution in [0.5, 0.6) is 5.75 Å². The second-order valence-corrected chi connectivity index (χ2v) is 7.65. The number of Topliss-reactive ketones (excluding diaryl/α,β-unsaturated/α-hetero) is 1. The molecule has 0 spiro atoms. The largest absolute Gasteiger partial charge is 0.497 e. The van der Waals surface area contributed by atoms with Gasteiger partial charge in [0.15, 0.2) is 5.78 Å². The molecule has 154 valence electrons. The molecule has 0 radical (unpaired) electrons. The molecule has 8 nitrogen and oxygen atoms in total. The van der Waals surface area contributed by atoms with Gasteiger partial charge in [-0.1, -0.05) is 6.07 Å². The van der Waals surface area contributed by atoms with Crippen molar-refractivity contribution in [2.75, 3.05) is 26.1 Å². The molecule has 9 heteroatoms. The Morgan fingerprint density at radius 2 is 1.90 bits per heavy atom. The number of benzene rings is 2. The predicted octanol–water partition coefficient (Wildman–Crippen LogP) is 1.91. The number of H-pyrrole nitrogens is 1. The number of hydrogen-bond acceptors (Lipinski definition) is 7. The van der Waals surface area contributed by atoms with Gasteiger partial charge in [0.2, 0.25) is 0 Å². The first-order valence-corrected chi connectivity index (χ1v) is 9.67. The summed E-state index contributed by atoms with van der Waals surface area (Å²) in [6.07, 6.45) is 2.91. The Bertz CT molecular complexity index is 1270. The van der Waals surface area contributed by atoms with Gasteiger partial charge < -0.3 is 14.6 Å². The number of carbonyl (C=O) groups is 1. The first kappa shape index (κ1) is 21.0. The van der Waals surface area contributed by atoms with Crippen LogP contribution in [0.3, 0.4) is 0 Å². The summed E-state index contributed by atoms with van der Waals surface area (Å²) in [4.78, 5) is 39.9. The second-order valence-electron chi connectivity index (χ2n) is 6.57. The van der Waals surface area contributed by atoms with E-state index < -0.39 is 4.92 Å². The number of carbonyl (C=O) groups excluding carboxylic acids is 1. The summed E-state index contributed by atoms with van der Waals surface area (Å²) in [6.45, 7) is 0. The number of nitro groups is 1. The zero-order chi connectivity index (χ0) is 21.8. The summed E-state index contributed by atoms with van der Waals surface area (Å²) in [7, 11) is 4.98. The summed E-state index contributed by atoms with van der Waals surface area (Å²) in [5.74, 6) is 0.384. The van der Waals surface area contributed by atoms with E-state index in [0.717, 1.165) is 11.3 Å². The minimum atomic E-state index is -0.460. The maximum atomic E-state index is 12.4. The number of hydrogen-bond donors (Lipinski definition) is 1. The first-order chi connectivity index (χ1) is 14.3. The van der Waals surface area contributed by atoms with Crippen LogP contribution in [0.4, 0.5) is 11.4 Å². The lowest BCUT2D eigenvalue weighted by molar-refractivity contribution is -0.384. The Balaban J connectivity index is 1.97. The standard InChI is InChI=1S/C21H19N3O5S/c1-23(2)16-9-4-13(10-17(16)24(27)28)11-19-21(26)22-20(30-19)12-18(25)14-5-7-15(29-3)8-6-14/h4-12H,1-3H3,(H,22,26). The molecule has 2 aromatic carbocycles. The molecule has 0 bridgehead atoms. The molecular weight excluding hydrogens is 406 g/mol. The third kappa shape index (κ3) is 4.64. The number of ether oxygens (including phenoxy) is 1. The summed E-state index contributed by atoms with van der Waals surface area (Å²) < 4.78 is 5.81. The molecule has 0 aliphatic carbocycles. The summed E-state index contributed by atoms with van der Waals surface area (Å²) in [5.41, 5.74) is 1.03. The number of aromatic amines is 1. The average Bonchev–Trinajstić information content (AvgIpc) is 3.06. The van der Waals surface area contributed by atoms with Crippen molar-refractivity contribution in [3.8, 4) is 5.75 Å². The Labute approximate surface area is 175 Å². The number of ketones is 1. The molecule has 0 fully saturated rings. The summed E-state index contributed by atoms with van der Waals surface area (Å²) in [5, 5.41) is 11.3. The minimum Gasteiger partial charge on any atom is -0.497 e. The lowest BCUT2D eigenvalue weighted by atomic mass is 10.1. The van der Waals surface area contributed by atoms with Crippen LogP contribution in [-0.4, -0.2) is 36.9 Å². The van der Waals surface area contributed by atoms with Gasteiger partial charge in [-0.25, -0.2) is 0 Å². The van der Waals surface area contributed by atoms with E-state index in [1.165, 1.54) is 12.1 Å². The molecule has 0 amide bonds. The molecule has 0 saturated heterocycles. The fourth-order valence-corrected chi connectivity index (χ4v) is 3.67. The van der Waals surface area contributed by atoms with Gasteiger partial charge in [-0.05, 0) is 42.0 Å². The number of methoxy groups -OCH3 is 1. The first-order valence-electron chi connectivity index (χ1n) is 8.85. The van der Waals surface area contributed by atoms with Crippen LogP contribution in [-0.2, 0) is 0 Å². The van der Waals surface area contributed by atoms with Crippen molar-refractivity contribution in [1.82, 2.24) is 4.98 Å². The number of rotatable bonds is 6. The topological polar surface area (TPSA) is 106 Å². The number of nitrogens with zero attached hydrogens (tertiary/aromatic N) is 2. The molecule has 1 N–H and O–H groups in total. The molecule has 3 aromatic rings. The van der Waals surface area contributed by atoms with E-state index in [-0.39, 0.29) is 17.0 Å². The Hall–Kier alpha value is -3.72. The molecular formula is C21H19N3O5S. The van der Waals surface area contributed by atoms with Crippen LogP contribution >= 0.6 is 11.3 Å². The summed E-state index contributed by atoms with van der Waals surface area (Å²) in [6, 6.07) is 11.4. The van der Waals surface area contributed by atoms with Crippen LogP contribution in [0, 0.1) is 10.1 Å². The normalized spacial score (nSPS) is 12.1. The van der Waals surface area contributed by atoms with Crippen molar-refractivity contribution in [2.45, 2.75) is 0 Å². The van der Waals surface area contributed by atoms with Crippen LogP contribution in [0.2, 0.25) is 0 Å². The monoisotopic (exact) mass is 425 g/mol. The van der Waals surface area contributed by atoms with Crippen LogP contribution in [0.25, 0.3) is 12.2 Å². The third-order valence-corrected chi connectivity index (χ3v) is 5.26. The van der Waals surface area contributed by atoms with Gasteiger partial charge in [-0.3, -0.25) is 19.7 Å². The fourth-order valence-electron chi connectivity index (χ4n) is 2.79. The molecule has 3 rings (SSSR count). The van der Waals surface area contributed by atoms with Gasteiger partial charge >= 0.3 is 0 Å². The molecule has 0 unspecified atom stereocenters. The van der Waals surface area contributed by atoms with E-state index in [2.05, 4.69) is 4.98 Å². The lowest BCUT2D eigenvalue weighted by Gasteiger charge is -2.12. The predicted molar refractivity (Wildman–Crippen MR) is 117 cm³/mol. The molecule has 0 atom stereocenters. The second kappa shape index (κ2) is 8.75. The molecule has 30 heavy (non-hydrogen) atoms. The van der Waals surface area contributed by atoms with Crippen LogP contribution in [0.15, 0.2) is 47.3 Å². The van der Waals surface area contributed by atoms with E-state index in [1.807, 2.05) is 0 Å². The smallest absolute Gasteiger partial charge is 0.293 e. The van der Waals surface area contributed by atoms with Crippen molar-refractivity contribution in [3.63, 3.8) is 0 Å². The van der Waals surface area contributed by atoms with E-state index in [9.17, 15) is 19.7 Å². The van der Waals surface area contributed by atoms with E-state index in [1.54, 1.807) is 68.6 Å². The van der Waals surface area contributed by atoms with E-state index in [4.69, 9.17) is 4.74 Å². The Morgan fingerprint density at radius 3 is 2.50 bits per heavy atom. The zero-order valence-electron chi connectivity index (χ0n) is 16.5. The van der Waals surface area contributed by atoms with Crippen LogP contribution < -0.4 is 24.4 Å². The maximum Gasteiger partial charge on any atom is 0.293 e. The van der Waals surface area contributed by atoms with Gasteiger partial charge in [0.1, 0.15) is 11.4 Å². The number of thiazole rings is 1. The van der Waals surface area contributed by atoms with Crippen molar-refractivity contribution in [1.29, 1.82) is 0 Å². The highest BCUT2D eigenvalue weighted by Crippen LogP contribution is 2.27. The number of anilines is 1. The van der Waals surface area contributed by atoms with Gasteiger partial charge in [-0.2, -0.15) is 0 Å². The molecule has 1 aromatic heterocycles. The fraction of sp³-hybridized carbons (Fsp3) is 0.143. The number of nitro benzene ring substituents is 1.